The Labute approximate surface area is 61.1 Å². The van der Waals surface area contributed by atoms with Crippen molar-refractivity contribution < 1.29 is 0 Å². The van der Waals surface area contributed by atoms with E-state index in [1.54, 1.807) is 0 Å². The van der Waals surface area contributed by atoms with Crippen LogP contribution in [-0.4, -0.2) is 36.2 Å². The highest BCUT2D eigenvalue weighted by Crippen LogP contribution is 2.08. The second-order valence-electron chi connectivity index (χ2n) is 2.10. The number of hydrogen-bond donors (Lipinski definition) is 1. The van der Waals surface area contributed by atoms with Crippen LogP contribution in [0.25, 0.3) is 0 Å². The predicted octanol–water partition coefficient (Wildman–Crippen LogP) is 0.560. The van der Waals surface area contributed by atoms with Gasteiger partial charge in [0.2, 0.25) is 0 Å². The molecule has 1 N–H and O–H groups in total. The fraction of sp³-hybridized carbons (Fsp3) is 1.00. The van der Waals surface area contributed by atoms with Gasteiger partial charge in [-0.2, -0.15) is 0 Å². The molecule has 0 atom stereocenters. The summed E-state index contributed by atoms with van der Waals surface area (Å²) in [5.41, 5.74) is 0. The average Bonchev–Trinajstić information content (AvgIpc) is 1.91. The van der Waals surface area contributed by atoms with Gasteiger partial charge in [0, 0.05) is 31.9 Å². The minimum atomic E-state index is 1.16. The number of hydrogen-bond acceptors (Lipinski definition) is 3. The zero-order chi connectivity index (χ0) is 6.53. The van der Waals surface area contributed by atoms with Gasteiger partial charge in [-0.05, 0) is 0 Å². The van der Waals surface area contributed by atoms with Crippen molar-refractivity contribution in [3.05, 3.63) is 0 Å². The van der Waals surface area contributed by atoms with Crippen molar-refractivity contribution in [3.63, 3.8) is 0 Å². The minimum absolute atomic E-state index is 1.16. The Morgan fingerprint density at radius 2 is 2.11 bits per heavy atom. The van der Waals surface area contributed by atoms with Gasteiger partial charge in [0.15, 0.2) is 0 Å². The molecule has 9 heavy (non-hydrogen) atoms. The standard InChI is InChI=1S/C6H14N2S/c1-2-9-8-5-3-7-4-6-8/h7H,2-6H2,1H3. The van der Waals surface area contributed by atoms with Crippen LogP contribution in [-0.2, 0) is 0 Å². The van der Waals surface area contributed by atoms with Crippen molar-refractivity contribution in [2.75, 3.05) is 31.9 Å². The van der Waals surface area contributed by atoms with Crippen LogP contribution in [0.3, 0.4) is 0 Å². The maximum absolute atomic E-state index is 3.32. The highest BCUT2D eigenvalue weighted by Gasteiger charge is 2.07. The van der Waals surface area contributed by atoms with E-state index >= 15 is 0 Å². The summed E-state index contributed by atoms with van der Waals surface area (Å²) < 4.78 is 2.43. The first-order valence-electron chi connectivity index (χ1n) is 3.52. The summed E-state index contributed by atoms with van der Waals surface area (Å²) in [6.07, 6.45) is 0. The van der Waals surface area contributed by atoms with Gasteiger partial charge >= 0.3 is 0 Å². The van der Waals surface area contributed by atoms with E-state index in [1.807, 2.05) is 11.9 Å². The summed E-state index contributed by atoms with van der Waals surface area (Å²) in [5, 5.41) is 3.32. The molecular weight excluding hydrogens is 132 g/mol. The van der Waals surface area contributed by atoms with Gasteiger partial charge in [-0.25, -0.2) is 4.31 Å². The highest BCUT2D eigenvalue weighted by atomic mass is 32.2. The quantitative estimate of drug-likeness (QED) is 0.573. The molecule has 1 aliphatic heterocycles. The van der Waals surface area contributed by atoms with Gasteiger partial charge in [0.25, 0.3) is 0 Å². The fourth-order valence-corrected chi connectivity index (χ4v) is 1.76. The van der Waals surface area contributed by atoms with Crippen LogP contribution in [0.2, 0.25) is 0 Å². The molecule has 0 unspecified atom stereocenters. The van der Waals surface area contributed by atoms with E-state index in [-0.39, 0.29) is 0 Å². The Bertz CT molecular complexity index is 68.7. The monoisotopic (exact) mass is 146 g/mol. The van der Waals surface area contributed by atoms with Gasteiger partial charge in [0.1, 0.15) is 0 Å². The lowest BCUT2D eigenvalue weighted by Gasteiger charge is -2.25. The molecule has 0 aliphatic carbocycles. The van der Waals surface area contributed by atoms with Crippen molar-refractivity contribution in [3.8, 4) is 0 Å². The summed E-state index contributed by atoms with van der Waals surface area (Å²) >= 11 is 1.95. The highest BCUT2D eigenvalue weighted by molar-refractivity contribution is 7.96. The molecular formula is C6H14N2S. The summed E-state index contributed by atoms with van der Waals surface area (Å²) in [5.74, 6) is 1.21. The van der Waals surface area contributed by atoms with E-state index in [0.29, 0.717) is 0 Å². The van der Waals surface area contributed by atoms with Crippen LogP contribution >= 0.6 is 11.9 Å². The molecule has 3 heteroatoms. The molecule has 0 spiro atoms. The van der Waals surface area contributed by atoms with Crippen LogP contribution in [0.15, 0.2) is 0 Å². The van der Waals surface area contributed by atoms with E-state index in [9.17, 15) is 0 Å². The first-order valence-corrected chi connectivity index (χ1v) is 4.46. The van der Waals surface area contributed by atoms with Crippen molar-refractivity contribution in [2.24, 2.45) is 0 Å². The number of nitrogens with zero attached hydrogens (tertiary/aromatic N) is 1. The molecule has 0 aromatic heterocycles. The molecule has 1 fully saturated rings. The van der Waals surface area contributed by atoms with Gasteiger partial charge < -0.3 is 5.32 Å². The molecule has 1 aliphatic rings. The molecule has 0 aromatic rings. The van der Waals surface area contributed by atoms with Gasteiger partial charge in [-0.15, -0.1) is 0 Å². The van der Waals surface area contributed by atoms with E-state index < -0.39 is 0 Å². The second-order valence-corrected chi connectivity index (χ2v) is 3.45. The third-order valence-electron chi connectivity index (χ3n) is 1.39. The predicted molar refractivity (Wildman–Crippen MR) is 42.6 cm³/mol. The van der Waals surface area contributed by atoms with Crippen molar-refractivity contribution in [1.29, 1.82) is 0 Å². The van der Waals surface area contributed by atoms with E-state index in [0.717, 1.165) is 13.1 Å². The molecule has 54 valence electrons. The lowest BCUT2D eigenvalue weighted by atomic mass is 10.4. The number of rotatable bonds is 2. The zero-order valence-corrected chi connectivity index (χ0v) is 6.71. The van der Waals surface area contributed by atoms with Crippen molar-refractivity contribution >= 4 is 11.9 Å². The molecule has 1 rings (SSSR count). The zero-order valence-electron chi connectivity index (χ0n) is 5.89. The van der Waals surface area contributed by atoms with Crippen LogP contribution in [0, 0.1) is 0 Å². The van der Waals surface area contributed by atoms with Crippen molar-refractivity contribution in [1.82, 2.24) is 9.62 Å². The van der Waals surface area contributed by atoms with Gasteiger partial charge in [-0.1, -0.05) is 18.9 Å². The Hall–Kier alpha value is 0.270. The first-order chi connectivity index (χ1) is 4.43. The summed E-state index contributed by atoms with van der Waals surface area (Å²) in [7, 11) is 0. The molecule has 1 heterocycles. The molecule has 1 saturated heterocycles. The Kier molecular flexibility index (Phi) is 3.40. The Morgan fingerprint density at radius 3 is 2.67 bits per heavy atom. The van der Waals surface area contributed by atoms with E-state index in [1.165, 1.54) is 18.8 Å². The van der Waals surface area contributed by atoms with Crippen LogP contribution < -0.4 is 5.32 Å². The maximum atomic E-state index is 3.32. The Morgan fingerprint density at radius 1 is 1.44 bits per heavy atom. The average molecular weight is 146 g/mol. The molecule has 0 bridgehead atoms. The van der Waals surface area contributed by atoms with E-state index in [2.05, 4.69) is 16.5 Å². The number of piperazine rings is 1. The SMILES string of the molecule is CCSN1CCNCC1. The van der Waals surface area contributed by atoms with E-state index in [4.69, 9.17) is 0 Å². The van der Waals surface area contributed by atoms with Gasteiger partial charge in [0.05, 0.1) is 0 Å². The van der Waals surface area contributed by atoms with Crippen LogP contribution in [0.4, 0.5) is 0 Å². The third-order valence-corrected chi connectivity index (χ3v) is 2.38. The molecule has 2 nitrogen and oxygen atoms in total. The van der Waals surface area contributed by atoms with Crippen LogP contribution in [0.1, 0.15) is 6.92 Å². The topological polar surface area (TPSA) is 15.3 Å². The summed E-state index contributed by atoms with van der Waals surface area (Å²) in [6, 6.07) is 0. The maximum Gasteiger partial charge on any atom is 0.0215 e. The molecule has 0 amide bonds. The minimum Gasteiger partial charge on any atom is -0.314 e. The first kappa shape index (κ1) is 7.38. The summed E-state index contributed by atoms with van der Waals surface area (Å²) in [6.45, 7) is 6.93. The van der Waals surface area contributed by atoms with Gasteiger partial charge in [-0.3, -0.25) is 0 Å². The largest absolute Gasteiger partial charge is 0.314 e. The Balaban J connectivity index is 2.08. The second kappa shape index (κ2) is 4.14. The third kappa shape index (κ3) is 2.56. The van der Waals surface area contributed by atoms with Crippen LogP contribution in [0.5, 0.6) is 0 Å². The molecule has 0 aromatic carbocycles. The smallest absolute Gasteiger partial charge is 0.0215 e. The fourth-order valence-electron chi connectivity index (χ4n) is 0.956. The summed E-state index contributed by atoms with van der Waals surface area (Å²) in [4.78, 5) is 0. The number of nitrogens with one attached hydrogen (secondary N) is 1. The molecule has 0 radical (unpaired) electrons. The lowest BCUT2D eigenvalue weighted by molar-refractivity contribution is 0.396. The van der Waals surface area contributed by atoms with Crippen molar-refractivity contribution in [2.45, 2.75) is 6.92 Å². The molecule has 0 saturated carbocycles. The normalized spacial score (nSPS) is 22.3. The lowest BCUT2D eigenvalue weighted by Crippen LogP contribution is -2.39.